The number of carbonyl (C=O) groups is 1. The highest BCUT2D eigenvalue weighted by atomic mass is 32.1. The molecule has 1 aliphatic heterocycles. The predicted molar refractivity (Wildman–Crippen MR) is 105 cm³/mol. The van der Waals surface area contributed by atoms with Crippen LogP contribution in [0.25, 0.3) is 0 Å². The summed E-state index contributed by atoms with van der Waals surface area (Å²) in [6.07, 6.45) is 3.77. The lowest BCUT2D eigenvalue weighted by atomic mass is 10.1. The molecule has 0 spiro atoms. The highest BCUT2D eigenvalue weighted by Gasteiger charge is 2.24. The summed E-state index contributed by atoms with van der Waals surface area (Å²) in [5.74, 6) is -0.00728. The van der Waals surface area contributed by atoms with Crippen LogP contribution in [-0.4, -0.2) is 48.1 Å². The molecule has 6 heteroatoms. The highest BCUT2D eigenvalue weighted by molar-refractivity contribution is 7.09. The first-order valence-corrected chi connectivity index (χ1v) is 10.1. The van der Waals surface area contributed by atoms with Gasteiger partial charge in [-0.3, -0.25) is 4.79 Å². The smallest absolute Gasteiger partial charge is 0.273 e. The number of amides is 1. The Morgan fingerprint density at radius 1 is 1.35 bits per heavy atom. The van der Waals surface area contributed by atoms with Crippen molar-refractivity contribution >= 4 is 17.2 Å². The molecule has 140 valence electrons. The van der Waals surface area contributed by atoms with E-state index in [0.29, 0.717) is 31.7 Å². The molecule has 5 nitrogen and oxygen atoms in total. The van der Waals surface area contributed by atoms with Crippen LogP contribution < -0.4 is 5.73 Å². The van der Waals surface area contributed by atoms with Crippen molar-refractivity contribution in [3.8, 4) is 0 Å². The van der Waals surface area contributed by atoms with E-state index in [1.165, 1.54) is 22.5 Å². The molecule has 1 aliphatic rings. The van der Waals surface area contributed by atoms with Gasteiger partial charge in [-0.25, -0.2) is 4.98 Å². The van der Waals surface area contributed by atoms with E-state index in [-0.39, 0.29) is 12.0 Å². The summed E-state index contributed by atoms with van der Waals surface area (Å²) in [5, 5.41) is 2.77. The second kappa shape index (κ2) is 9.26. The van der Waals surface area contributed by atoms with Gasteiger partial charge in [-0.05, 0) is 38.3 Å². The fraction of sp³-hybridized carbons (Fsp3) is 0.500. The van der Waals surface area contributed by atoms with Crippen molar-refractivity contribution in [3.05, 3.63) is 51.5 Å². The summed E-state index contributed by atoms with van der Waals surface area (Å²) in [6, 6.07) is 8.49. The van der Waals surface area contributed by atoms with Gasteiger partial charge in [0.25, 0.3) is 5.91 Å². The molecule has 1 unspecified atom stereocenters. The molecule has 2 aromatic rings. The SMILES string of the molecule is Cc1ccc(CCN(CC2CCCO2)C(=O)c2csc(CCN)n2)cc1. The van der Waals surface area contributed by atoms with E-state index in [9.17, 15) is 4.79 Å². The van der Waals surface area contributed by atoms with Gasteiger partial charge in [0.05, 0.1) is 11.1 Å². The fourth-order valence-electron chi connectivity index (χ4n) is 3.14. The first-order chi connectivity index (χ1) is 12.7. The molecule has 1 atom stereocenters. The lowest BCUT2D eigenvalue weighted by molar-refractivity contribution is 0.0525. The molecule has 2 N–H and O–H groups in total. The minimum Gasteiger partial charge on any atom is -0.376 e. The van der Waals surface area contributed by atoms with Crippen LogP contribution in [0.15, 0.2) is 29.6 Å². The van der Waals surface area contributed by atoms with Crippen LogP contribution in [0.1, 0.15) is 39.5 Å². The number of ether oxygens (including phenoxy) is 1. The van der Waals surface area contributed by atoms with Gasteiger partial charge in [0.2, 0.25) is 0 Å². The maximum atomic E-state index is 13.0. The van der Waals surface area contributed by atoms with E-state index in [1.807, 2.05) is 10.3 Å². The van der Waals surface area contributed by atoms with Crippen LogP contribution in [0.3, 0.4) is 0 Å². The van der Waals surface area contributed by atoms with Crippen LogP contribution in [0.4, 0.5) is 0 Å². The molecular formula is C20H27N3O2S. The molecular weight excluding hydrogens is 346 g/mol. The highest BCUT2D eigenvalue weighted by Crippen LogP contribution is 2.17. The normalized spacial score (nSPS) is 16.8. The van der Waals surface area contributed by atoms with E-state index >= 15 is 0 Å². The van der Waals surface area contributed by atoms with Gasteiger partial charge in [-0.15, -0.1) is 11.3 Å². The lowest BCUT2D eigenvalue weighted by Crippen LogP contribution is -2.39. The van der Waals surface area contributed by atoms with Gasteiger partial charge < -0.3 is 15.4 Å². The average Bonchev–Trinajstić information content (AvgIpc) is 3.32. The molecule has 1 fully saturated rings. The average molecular weight is 374 g/mol. The van der Waals surface area contributed by atoms with Gasteiger partial charge in [-0.2, -0.15) is 0 Å². The minimum atomic E-state index is -0.00728. The van der Waals surface area contributed by atoms with Crippen LogP contribution in [0, 0.1) is 6.92 Å². The number of nitrogens with two attached hydrogens (primary N) is 1. The molecule has 0 radical (unpaired) electrons. The Morgan fingerprint density at radius 2 is 2.15 bits per heavy atom. The van der Waals surface area contributed by atoms with Gasteiger partial charge in [0.1, 0.15) is 5.69 Å². The maximum absolute atomic E-state index is 13.0. The largest absolute Gasteiger partial charge is 0.376 e. The Bertz CT molecular complexity index is 708. The molecule has 0 aliphatic carbocycles. The minimum absolute atomic E-state index is 0.00728. The van der Waals surface area contributed by atoms with E-state index in [1.54, 1.807) is 0 Å². The molecule has 0 bridgehead atoms. The topological polar surface area (TPSA) is 68.5 Å². The van der Waals surface area contributed by atoms with E-state index in [0.717, 1.165) is 30.9 Å². The van der Waals surface area contributed by atoms with E-state index < -0.39 is 0 Å². The maximum Gasteiger partial charge on any atom is 0.273 e. The molecule has 2 heterocycles. The monoisotopic (exact) mass is 373 g/mol. The number of hydrogen-bond acceptors (Lipinski definition) is 5. The van der Waals surface area contributed by atoms with Crippen molar-refractivity contribution in [2.75, 3.05) is 26.2 Å². The van der Waals surface area contributed by atoms with E-state index in [4.69, 9.17) is 10.5 Å². The van der Waals surface area contributed by atoms with Crippen molar-refractivity contribution in [2.24, 2.45) is 5.73 Å². The first kappa shape index (κ1) is 19.0. The Balaban J connectivity index is 1.68. The number of aryl methyl sites for hydroxylation is 1. The second-order valence-corrected chi connectivity index (χ2v) is 7.73. The Hall–Kier alpha value is -1.76. The van der Waals surface area contributed by atoms with Gasteiger partial charge in [-0.1, -0.05) is 29.8 Å². The van der Waals surface area contributed by atoms with Crippen LogP contribution in [0.2, 0.25) is 0 Å². The Morgan fingerprint density at radius 3 is 2.85 bits per heavy atom. The molecule has 1 saturated heterocycles. The zero-order valence-electron chi connectivity index (χ0n) is 15.3. The summed E-state index contributed by atoms with van der Waals surface area (Å²) in [7, 11) is 0. The third-order valence-electron chi connectivity index (χ3n) is 4.66. The summed E-state index contributed by atoms with van der Waals surface area (Å²) < 4.78 is 5.75. The zero-order valence-corrected chi connectivity index (χ0v) is 16.1. The summed E-state index contributed by atoms with van der Waals surface area (Å²) in [4.78, 5) is 19.4. The fourth-order valence-corrected chi connectivity index (χ4v) is 3.93. The third-order valence-corrected chi connectivity index (χ3v) is 5.56. The van der Waals surface area contributed by atoms with Crippen molar-refractivity contribution in [3.63, 3.8) is 0 Å². The van der Waals surface area contributed by atoms with Crippen LogP contribution in [0.5, 0.6) is 0 Å². The molecule has 3 rings (SSSR count). The molecule has 0 saturated carbocycles. The first-order valence-electron chi connectivity index (χ1n) is 9.26. The second-order valence-electron chi connectivity index (χ2n) is 6.79. The van der Waals surface area contributed by atoms with Gasteiger partial charge in [0, 0.05) is 31.5 Å². The lowest BCUT2D eigenvalue weighted by Gasteiger charge is -2.25. The number of benzene rings is 1. The number of aromatic nitrogens is 1. The van der Waals surface area contributed by atoms with Crippen molar-refractivity contribution < 1.29 is 9.53 Å². The molecule has 1 aromatic carbocycles. The third kappa shape index (κ3) is 5.13. The summed E-state index contributed by atoms with van der Waals surface area (Å²) >= 11 is 1.51. The molecule has 1 amide bonds. The quantitative estimate of drug-likeness (QED) is 0.773. The van der Waals surface area contributed by atoms with Gasteiger partial charge in [0.15, 0.2) is 0 Å². The van der Waals surface area contributed by atoms with Crippen molar-refractivity contribution in [1.29, 1.82) is 0 Å². The number of hydrogen-bond donors (Lipinski definition) is 1. The van der Waals surface area contributed by atoms with Gasteiger partial charge >= 0.3 is 0 Å². The Kier molecular flexibility index (Phi) is 6.77. The van der Waals surface area contributed by atoms with Crippen molar-refractivity contribution in [1.82, 2.24) is 9.88 Å². The van der Waals surface area contributed by atoms with Crippen molar-refractivity contribution in [2.45, 2.75) is 38.7 Å². The standard InChI is InChI=1S/C20H27N3O2S/c1-15-4-6-16(7-5-15)9-11-23(13-17-3-2-12-25-17)20(24)18-14-26-19(22-18)8-10-21/h4-7,14,17H,2-3,8-13,21H2,1H3. The number of nitrogens with zero attached hydrogens (tertiary/aromatic N) is 2. The number of rotatable bonds is 8. The molecule has 26 heavy (non-hydrogen) atoms. The molecule has 1 aromatic heterocycles. The van der Waals surface area contributed by atoms with Crippen LogP contribution >= 0.6 is 11.3 Å². The summed E-state index contributed by atoms with van der Waals surface area (Å²) in [5.41, 5.74) is 8.61. The summed E-state index contributed by atoms with van der Waals surface area (Å²) in [6.45, 7) is 4.73. The Labute approximate surface area is 159 Å². The van der Waals surface area contributed by atoms with Crippen LogP contribution in [-0.2, 0) is 17.6 Å². The zero-order chi connectivity index (χ0) is 18.4. The predicted octanol–water partition coefficient (Wildman–Crippen LogP) is 2.82. The number of thiazole rings is 1. The van der Waals surface area contributed by atoms with E-state index in [2.05, 4.69) is 36.2 Å². The number of carbonyl (C=O) groups excluding carboxylic acids is 1.